The topological polar surface area (TPSA) is 40.5 Å². The normalized spacial score (nSPS) is 27.0. The van der Waals surface area contributed by atoms with Gasteiger partial charge in [-0.3, -0.25) is 0 Å². The van der Waals surface area contributed by atoms with Crippen LogP contribution < -0.4 is 0 Å². The summed E-state index contributed by atoms with van der Waals surface area (Å²) in [6.07, 6.45) is 13.3. The van der Waals surface area contributed by atoms with Crippen LogP contribution in [0.5, 0.6) is 0 Å². The van der Waals surface area contributed by atoms with E-state index in [2.05, 4.69) is 0 Å². The quantitative estimate of drug-likeness (QED) is 0.731. The molecule has 0 aromatic rings. The molecule has 0 saturated heterocycles. The third-order valence-electron chi connectivity index (χ3n) is 4.50. The highest BCUT2D eigenvalue weighted by atomic mass is 16.3. The van der Waals surface area contributed by atoms with Crippen LogP contribution in [0.3, 0.4) is 0 Å². The molecule has 1 atom stereocenters. The van der Waals surface area contributed by atoms with Gasteiger partial charge in [-0.15, -0.1) is 0 Å². The number of hydrogen-bond acceptors (Lipinski definition) is 2. The van der Waals surface area contributed by atoms with Gasteiger partial charge in [-0.1, -0.05) is 38.5 Å². The Balaban J connectivity index is 1.87. The molecule has 0 amide bonds. The lowest BCUT2D eigenvalue weighted by atomic mass is 9.83. The van der Waals surface area contributed by atoms with Crippen LogP contribution in [0.2, 0.25) is 0 Å². The first-order valence-corrected chi connectivity index (χ1v) is 7.36. The number of allylic oxidation sites excluding steroid dienone is 1. The van der Waals surface area contributed by atoms with Gasteiger partial charge in [0, 0.05) is 5.92 Å². The zero-order chi connectivity index (χ0) is 12.1. The van der Waals surface area contributed by atoms with Gasteiger partial charge < -0.3 is 10.2 Å². The Bertz CT molecular complexity index is 248. The van der Waals surface area contributed by atoms with Gasteiger partial charge in [0.05, 0.1) is 11.9 Å². The molecule has 2 fully saturated rings. The Morgan fingerprint density at radius 3 is 2.00 bits per heavy atom. The monoisotopic (exact) mass is 238 g/mol. The lowest BCUT2D eigenvalue weighted by Crippen LogP contribution is -2.22. The number of aliphatic hydroxyl groups excluding tert-OH is 2. The van der Waals surface area contributed by atoms with Crippen LogP contribution in [-0.4, -0.2) is 16.3 Å². The van der Waals surface area contributed by atoms with E-state index in [4.69, 9.17) is 0 Å². The second-order valence-electron chi connectivity index (χ2n) is 5.82. The van der Waals surface area contributed by atoms with E-state index in [-0.39, 0.29) is 0 Å². The summed E-state index contributed by atoms with van der Waals surface area (Å²) >= 11 is 0. The van der Waals surface area contributed by atoms with Crippen molar-refractivity contribution in [2.45, 2.75) is 70.3 Å². The zero-order valence-electron chi connectivity index (χ0n) is 10.8. The van der Waals surface area contributed by atoms with Gasteiger partial charge in [0.2, 0.25) is 0 Å². The van der Waals surface area contributed by atoms with Crippen LogP contribution in [0.15, 0.2) is 11.8 Å². The average molecular weight is 238 g/mol. The van der Waals surface area contributed by atoms with E-state index in [0.717, 1.165) is 25.7 Å². The standard InChI is InChI=1S/C15H26O2/c16-14(12-7-3-1-4-8-12)11-15(17)13-9-5-2-6-10-13/h11-14,16-17H,1-10H2/b15-11-. The van der Waals surface area contributed by atoms with Crippen LogP contribution in [0.4, 0.5) is 0 Å². The molecule has 98 valence electrons. The van der Waals surface area contributed by atoms with Crippen LogP contribution in [0.25, 0.3) is 0 Å². The molecule has 0 aromatic carbocycles. The van der Waals surface area contributed by atoms with E-state index in [0.29, 0.717) is 17.6 Å². The summed E-state index contributed by atoms with van der Waals surface area (Å²) in [5, 5.41) is 20.2. The van der Waals surface area contributed by atoms with Gasteiger partial charge in [-0.25, -0.2) is 0 Å². The SMILES string of the molecule is O/C(=C\C(O)C1CCCCC1)C1CCCCC1. The molecule has 0 radical (unpaired) electrons. The molecular weight excluding hydrogens is 212 g/mol. The third-order valence-corrected chi connectivity index (χ3v) is 4.50. The highest BCUT2D eigenvalue weighted by Gasteiger charge is 2.23. The van der Waals surface area contributed by atoms with Crippen LogP contribution in [-0.2, 0) is 0 Å². The fraction of sp³-hybridized carbons (Fsp3) is 0.867. The molecular formula is C15H26O2. The van der Waals surface area contributed by atoms with Gasteiger partial charge in [-0.2, -0.15) is 0 Å². The third kappa shape index (κ3) is 3.74. The first-order chi connectivity index (χ1) is 8.27. The van der Waals surface area contributed by atoms with Gasteiger partial charge in [-0.05, 0) is 37.7 Å². The first-order valence-electron chi connectivity index (χ1n) is 7.36. The van der Waals surface area contributed by atoms with Crippen LogP contribution in [0, 0.1) is 11.8 Å². The molecule has 0 heterocycles. The molecule has 2 saturated carbocycles. The van der Waals surface area contributed by atoms with Crippen molar-refractivity contribution in [3.63, 3.8) is 0 Å². The lowest BCUT2D eigenvalue weighted by Gasteiger charge is -2.26. The Morgan fingerprint density at radius 1 is 0.882 bits per heavy atom. The second-order valence-corrected chi connectivity index (χ2v) is 5.82. The predicted octanol–water partition coefficient (Wildman–Crippen LogP) is 3.95. The molecule has 0 spiro atoms. The summed E-state index contributed by atoms with van der Waals surface area (Å²) in [5.74, 6) is 1.17. The van der Waals surface area contributed by atoms with Crippen molar-refractivity contribution in [1.29, 1.82) is 0 Å². The highest BCUT2D eigenvalue weighted by molar-refractivity contribution is 5.03. The van der Waals surface area contributed by atoms with Crippen molar-refractivity contribution in [2.24, 2.45) is 11.8 Å². The minimum absolute atomic E-state index is 0.321. The van der Waals surface area contributed by atoms with Crippen LogP contribution >= 0.6 is 0 Å². The maximum absolute atomic E-state index is 10.1. The van der Waals surface area contributed by atoms with E-state index >= 15 is 0 Å². The summed E-state index contributed by atoms with van der Waals surface area (Å²) in [5.41, 5.74) is 0. The Kier molecular flexibility index (Phi) is 4.90. The molecule has 2 N–H and O–H groups in total. The maximum Gasteiger partial charge on any atom is 0.0939 e. The van der Waals surface area contributed by atoms with Gasteiger partial charge in [0.1, 0.15) is 0 Å². The number of hydrogen-bond donors (Lipinski definition) is 2. The second kappa shape index (κ2) is 6.44. The van der Waals surface area contributed by atoms with E-state index < -0.39 is 6.10 Å². The summed E-state index contributed by atoms with van der Waals surface area (Å²) in [4.78, 5) is 0. The molecule has 2 aliphatic rings. The highest BCUT2D eigenvalue weighted by Crippen LogP contribution is 2.31. The molecule has 0 aromatic heterocycles. The fourth-order valence-electron chi connectivity index (χ4n) is 3.32. The molecule has 17 heavy (non-hydrogen) atoms. The van der Waals surface area contributed by atoms with Crippen molar-refractivity contribution in [3.8, 4) is 0 Å². The van der Waals surface area contributed by atoms with E-state index in [9.17, 15) is 10.2 Å². The largest absolute Gasteiger partial charge is 0.512 e. The van der Waals surface area contributed by atoms with Gasteiger partial charge in [0.25, 0.3) is 0 Å². The molecule has 2 rings (SSSR count). The Morgan fingerprint density at radius 2 is 1.41 bits per heavy atom. The molecule has 2 heteroatoms. The van der Waals surface area contributed by atoms with Crippen molar-refractivity contribution in [2.75, 3.05) is 0 Å². The van der Waals surface area contributed by atoms with Crippen LogP contribution in [0.1, 0.15) is 64.2 Å². The Hall–Kier alpha value is -0.500. The number of rotatable bonds is 3. The summed E-state index contributed by atoms with van der Waals surface area (Å²) < 4.78 is 0. The Labute approximate surface area is 105 Å². The van der Waals surface area contributed by atoms with E-state index in [1.807, 2.05) is 0 Å². The molecule has 2 nitrogen and oxygen atoms in total. The average Bonchev–Trinajstić information content (AvgIpc) is 2.40. The maximum atomic E-state index is 10.1. The molecule has 0 bridgehead atoms. The lowest BCUT2D eigenvalue weighted by molar-refractivity contribution is 0.119. The zero-order valence-corrected chi connectivity index (χ0v) is 10.8. The first kappa shape index (κ1) is 12.9. The summed E-state index contributed by atoms with van der Waals surface area (Å²) in [7, 11) is 0. The molecule has 1 unspecified atom stereocenters. The van der Waals surface area contributed by atoms with Gasteiger partial charge >= 0.3 is 0 Å². The molecule has 0 aliphatic heterocycles. The van der Waals surface area contributed by atoms with E-state index in [1.165, 1.54) is 38.5 Å². The van der Waals surface area contributed by atoms with Crippen molar-refractivity contribution in [1.82, 2.24) is 0 Å². The summed E-state index contributed by atoms with van der Waals surface area (Å²) in [6.45, 7) is 0. The number of aliphatic hydroxyl groups is 2. The minimum atomic E-state index is -0.419. The van der Waals surface area contributed by atoms with Crippen molar-refractivity contribution >= 4 is 0 Å². The minimum Gasteiger partial charge on any atom is -0.512 e. The molecule has 2 aliphatic carbocycles. The predicted molar refractivity (Wildman–Crippen MR) is 69.9 cm³/mol. The smallest absolute Gasteiger partial charge is 0.0939 e. The van der Waals surface area contributed by atoms with E-state index in [1.54, 1.807) is 6.08 Å². The summed E-state index contributed by atoms with van der Waals surface area (Å²) in [6, 6.07) is 0. The fourth-order valence-corrected chi connectivity index (χ4v) is 3.32. The van der Waals surface area contributed by atoms with Crippen molar-refractivity contribution < 1.29 is 10.2 Å². The van der Waals surface area contributed by atoms with Crippen molar-refractivity contribution in [3.05, 3.63) is 11.8 Å². The van der Waals surface area contributed by atoms with Gasteiger partial charge in [0.15, 0.2) is 0 Å².